The van der Waals surface area contributed by atoms with Crippen LogP contribution >= 0.6 is 0 Å². The Kier molecular flexibility index (Phi) is 9.54. The van der Waals surface area contributed by atoms with Gasteiger partial charge in [-0.3, -0.25) is 0 Å². The summed E-state index contributed by atoms with van der Waals surface area (Å²) in [5, 5.41) is 109. The molecule has 15 atom stereocenters. The topological polar surface area (TPSA) is 269 Å². The fourth-order valence-electron chi connectivity index (χ4n) is 4.06. The van der Waals surface area contributed by atoms with Crippen LogP contribution in [0.25, 0.3) is 0 Å². The van der Waals surface area contributed by atoms with E-state index in [2.05, 4.69) is 0 Å². The minimum atomic E-state index is -1.91. The first-order chi connectivity index (χ1) is 16.0. The zero-order valence-electron chi connectivity index (χ0n) is 17.7. The molecular weight excluding hydrogens is 472 g/mol. The minimum absolute atomic E-state index is 0.741. The fourth-order valence-corrected chi connectivity index (χ4v) is 4.06. The number of aliphatic hydroxyl groups is 11. The van der Waals surface area contributed by atoms with E-state index in [1.165, 1.54) is 0 Å². The van der Waals surface area contributed by atoms with Crippen LogP contribution < -0.4 is 0 Å². The zero-order valence-corrected chi connectivity index (χ0v) is 17.7. The standard InChI is InChI=1S/C18H32O16/c19-1-4-7(22)8(23)12(27)17(31-4)34-15-6(3-21)32-18(13(28)10(15)25)33-14-5(2-20)30-16(29)11(26)9(14)24/h4-29H,1-3H2/t4-,5-,6-,7+,8+,9-,10-,11-,12-,13-,14+,15+,16?,17-,18+/m1/s1. The molecule has 0 radical (unpaired) electrons. The molecule has 16 heteroatoms. The second kappa shape index (κ2) is 11.6. The summed E-state index contributed by atoms with van der Waals surface area (Å²) in [6, 6.07) is 0. The molecule has 3 rings (SSSR count). The Morgan fingerprint density at radius 3 is 1.35 bits per heavy atom. The van der Waals surface area contributed by atoms with E-state index in [4.69, 9.17) is 23.7 Å². The highest BCUT2D eigenvalue weighted by Gasteiger charge is 2.53. The van der Waals surface area contributed by atoms with Crippen molar-refractivity contribution >= 4 is 0 Å². The molecule has 0 aromatic heterocycles. The molecular formula is C18H32O16. The van der Waals surface area contributed by atoms with Gasteiger partial charge in [0, 0.05) is 0 Å². The predicted octanol–water partition coefficient (Wildman–Crippen LogP) is -7.57. The van der Waals surface area contributed by atoms with Gasteiger partial charge in [-0.2, -0.15) is 0 Å². The molecule has 3 aliphatic rings. The Balaban J connectivity index is 1.72. The Hall–Kier alpha value is -0.640. The van der Waals surface area contributed by atoms with Crippen molar-refractivity contribution in [3.63, 3.8) is 0 Å². The summed E-state index contributed by atoms with van der Waals surface area (Å²) >= 11 is 0. The van der Waals surface area contributed by atoms with Gasteiger partial charge in [0.15, 0.2) is 18.9 Å². The van der Waals surface area contributed by atoms with E-state index >= 15 is 0 Å². The largest absolute Gasteiger partial charge is 0.394 e. The van der Waals surface area contributed by atoms with Crippen molar-refractivity contribution in [3.8, 4) is 0 Å². The molecule has 0 saturated carbocycles. The Bertz CT molecular complexity index is 635. The molecule has 0 aromatic carbocycles. The summed E-state index contributed by atoms with van der Waals surface area (Å²) in [4.78, 5) is 0. The summed E-state index contributed by atoms with van der Waals surface area (Å²) < 4.78 is 26.4. The van der Waals surface area contributed by atoms with Crippen molar-refractivity contribution in [1.29, 1.82) is 0 Å². The molecule has 34 heavy (non-hydrogen) atoms. The van der Waals surface area contributed by atoms with Crippen molar-refractivity contribution in [1.82, 2.24) is 0 Å². The molecule has 0 amide bonds. The van der Waals surface area contributed by atoms with Crippen molar-refractivity contribution in [2.75, 3.05) is 19.8 Å². The maximum atomic E-state index is 10.6. The number of aliphatic hydroxyl groups excluding tert-OH is 11. The predicted molar refractivity (Wildman–Crippen MR) is 101 cm³/mol. The molecule has 1 unspecified atom stereocenters. The third-order valence-electron chi connectivity index (χ3n) is 6.09. The third-order valence-corrected chi connectivity index (χ3v) is 6.09. The van der Waals surface area contributed by atoms with Crippen LogP contribution in [-0.4, -0.2) is 168 Å². The first kappa shape index (κ1) is 27.9. The van der Waals surface area contributed by atoms with Crippen LogP contribution in [0.4, 0.5) is 0 Å². The molecule has 0 spiro atoms. The average Bonchev–Trinajstić information content (AvgIpc) is 2.83. The van der Waals surface area contributed by atoms with Gasteiger partial charge in [0.25, 0.3) is 0 Å². The van der Waals surface area contributed by atoms with Crippen LogP contribution in [-0.2, 0) is 23.7 Å². The number of hydrogen-bond acceptors (Lipinski definition) is 16. The zero-order chi connectivity index (χ0) is 25.3. The highest BCUT2D eigenvalue weighted by Crippen LogP contribution is 2.32. The molecule has 3 aliphatic heterocycles. The maximum Gasteiger partial charge on any atom is 0.187 e. The van der Waals surface area contributed by atoms with Crippen LogP contribution in [0.15, 0.2) is 0 Å². The summed E-state index contributed by atoms with van der Waals surface area (Å²) in [5.74, 6) is 0. The normalized spacial score (nSPS) is 52.5. The van der Waals surface area contributed by atoms with Crippen LogP contribution in [0.3, 0.4) is 0 Å². The molecule has 3 heterocycles. The van der Waals surface area contributed by atoms with E-state index in [9.17, 15) is 56.2 Å². The Morgan fingerprint density at radius 2 is 0.853 bits per heavy atom. The SMILES string of the molecule is OC[C@H]1O[C@H](O[C@@H]2[C@H](O)[C@@H](O)[C@H](O[C@@H]3[C@H](O)[C@@H](O)C(O)O[C@@H]3CO)O[C@@H]2CO)[C@H](O)[C@@H](O)[C@H]1O. The van der Waals surface area contributed by atoms with Crippen LogP contribution in [0, 0.1) is 0 Å². The quantitative estimate of drug-likeness (QED) is 0.154. The van der Waals surface area contributed by atoms with Gasteiger partial charge in [-0.1, -0.05) is 0 Å². The van der Waals surface area contributed by atoms with E-state index < -0.39 is 112 Å². The van der Waals surface area contributed by atoms with Crippen LogP contribution in [0.5, 0.6) is 0 Å². The van der Waals surface area contributed by atoms with Gasteiger partial charge in [0.1, 0.15) is 73.2 Å². The molecule has 0 aromatic rings. The lowest BCUT2D eigenvalue weighted by molar-refractivity contribution is -0.377. The molecule has 16 nitrogen and oxygen atoms in total. The van der Waals surface area contributed by atoms with E-state index in [0.717, 1.165) is 0 Å². The lowest BCUT2D eigenvalue weighted by atomic mass is 9.96. The van der Waals surface area contributed by atoms with Gasteiger partial charge in [-0.25, -0.2) is 0 Å². The fraction of sp³-hybridized carbons (Fsp3) is 1.00. The lowest BCUT2D eigenvalue weighted by Crippen LogP contribution is -2.66. The van der Waals surface area contributed by atoms with Crippen molar-refractivity contribution in [2.45, 2.75) is 92.1 Å². The summed E-state index contributed by atoms with van der Waals surface area (Å²) in [7, 11) is 0. The molecule has 11 N–H and O–H groups in total. The monoisotopic (exact) mass is 504 g/mol. The van der Waals surface area contributed by atoms with E-state index in [0.29, 0.717) is 0 Å². The van der Waals surface area contributed by atoms with Crippen LogP contribution in [0.2, 0.25) is 0 Å². The first-order valence-corrected chi connectivity index (χ1v) is 10.6. The number of rotatable bonds is 7. The van der Waals surface area contributed by atoms with Gasteiger partial charge in [0.05, 0.1) is 19.8 Å². The van der Waals surface area contributed by atoms with Crippen molar-refractivity contribution < 1.29 is 79.9 Å². The van der Waals surface area contributed by atoms with Gasteiger partial charge < -0.3 is 79.9 Å². The smallest absolute Gasteiger partial charge is 0.187 e. The van der Waals surface area contributed by atoms with E-state index in [1.807, 2.05) is 0 Å². The summed E-state index contributed by atoms with van der Waals surface area (Å²) in [6.07, 6.45) is -25.1. The molecule has 0 bridgehead atoms. The Morgan fingerprint density at radius 1 is 0.441 bits per heavy atom. The second-order valence-electron chi connectivity index (χ2n) is 8.33. The number of hydrogen-bond donors (Lipinski definition) is 11. The van der Waals surface area contributed by atoms with Gasteiger partial charge in [-0.15, -0.1) is 0 Å². The molecule has 3 fully saturated rings. The van der Waals surface area contributed by atoms with Crippen molar-refractivity contribution in [3.05, 3.63) is 0 Å². The van der Waals surface area contributed by atoms with Gasteiger partial charge in [0.2, 0.25) is 0 Å². The Labute approximate surface area is 192 Å². The third kappa shape index (κ3) is 5.37. The molecule has 3 saturated heterocycles. The average molecular weight is 504 g/mol. The molecule has 200 valence electrons. The summed E-state index contributed by atoms with van der Waals surface area (Å²) in [5.41, 5.74) is 0. The second-order valence-corrected chi connectivity index (χ2v) is 8.33. The highest BCUT2D eigenvalue weighted by molar-refractivity contribution is 4.96. The van der Waals surface area contributed by atoms with Gasteiger partial charge in [-0.05, 0) is 0 Å². The first-order valence-electron chi connectivity index (χ1n) is 10.6. The minimum Gasteiger partial charge on any atom is -0.394 e. The highest BCUT2D eigenvalue weighted by atomic mass is 16.8. The molecule has 0 aliphatic carbocycles. The van der Waals surface area contributed by atoms with E-state index in [-0.39, 0.29) is 0 Å². The lowest BCUT2D eigenvalue weighted by Gasteiger charge is -2.47. The van der Waals surface area contributed by atoms with Crippen molar-refractivity contribution in [2.24, 2.45) is 0 Å². The maximum absolute atomic E-state index is 10.6. The summed E-state index contributed by atoms with van der Waals surface area (Å²) in [6.45, 7) is -2.32. The van der Waals surface area contributed by atoms with Crippen LogP contribution in [0.1, 0.15) is 0 Å². The van der Waals surface area contributed by atoms with E-state index in [1.54, 1.807) is 0 Å². The van der Waals surface area contributed by atoms with Gasteiger partial charge >= 0.3 is 0 Å². The number of ether oxygens (including phenoxy) is 5.